The van der Waals surface area contributed by atoms with Gasteiger partial charge in [0.05, 0.1) is 23.6 Å². The number of hydrogen-bond acceptors (Lipinski definition) is 6. The van der Waals surface area contributed by atoms with E-state index in [2.05, 4.69) is 30.8 Å². The van der Waals surface area contributed by atoms with Crippen LogP contribution in [0.1, 0.15) is 15.9 Å². The summed E-state index contributed by atoms with van der Waals surface area (Å²) in [5, 5.41) is 13.3. The molecule has 7 nitrogen and oxygen atoms in total. The third-order valence-corrected chi connectivity index (χ3v) is 4.43. The number of hydrogen-bond donors (Lipinski definition) is 2. The topological polar surface area (TPSA) is 92.7 Å². The number of aromatic nitrogens is 4. The first-order valence-corrected chi connectivity index (χ1v) is 9.34. The van der Waals surface area contributed by atoms with E-state index >= 15 is 0 Å². The molecule has 0 spiro atoms. The summed E-state index contributed by atoms with van der Waals surface area (Å²) < 4.78 is 38.0. The van der Waals surface area contributed by atoms with Gasteiger partial charge < -0.3 is 10.6 Å². The van der Waals surface area contributed by atoms with Crippen LogP contribution in [0.15, 0.2) is 79.4 Å². The van der Waals surface area contributed by atoms with Gasteiger partial charge in [0.2, 0.25) is 0 Å². The van der Waals surface area contributed by atoms with Crippen LogP contribution >= 0.6 is 0 Å². The number of nitrogens with zero attached hydrogens (tertiary/aromatic N) is 4. The minimum atomic E-state index is -4.47. The second-order valence-corrected chi connectivity index (χ2v) is 6.62. The highest BCUT2D eigenvalue weighted by Gasteiger charge is 2.30. The second-order valence-electron chi connectivity index (χ2n) is 6.62. The van der Waals surface area contributed by atoms with E-state index in [0.29, 0.717) is 11.3 Å². The normalized spacial score (nSPS) is 11.1. The van der Waals surface area contributed by atoms with Gasteiger partial charge in [-0.05, 0) is 29.8 Å². The molecule has 4 aromatic rings. The molecular weight excluding hydrogens is 421 g/mol. The van der Waals surface area contributed by atoms with E-state index in [1.807, 2.05) is 30.3 Å². The Morgan fingerprint density at radius 3 is 2.34 bits per heavy atom. The van der Waals surface area contributed by atoms with Crippen molar-refractivity contribution in [1.29, 1.82) is 0 Å². The first kappa shape index (κ1) is 20.9. The monoisotopic (exact) mass is 436 g/mol. The van der Waals surface area contributed by atoms with Crippen molar-refractivity contribution < 1.29 is 18.0 Å². The maximum absolute atomic E-state index is 12.8. The van der Waals surface area contributed by atoms with Gasteiger partial charge in [-0.2, -0.15) is 23.4 Å². The fraction of sp³-hybridized carbons (Fsp3) is 0.0455. The van der Waals surface area contributed by atoms with Crippen molar-refractivity contribution in [2.75, 3.05) is 10.6 Å². The predicted octanol–water partition coefficient (Wildman–Crippen LogP) is 4.95. The largest absolute Gasteiger partial charge is 0.417 e. The molecule has 1 amide bonds. The molecule has 0 aliphatic heterocycles. The van der Waals surface area contributed by atoms with Gasteiger partial charge in [-0.1, -0.05) is 30.3 Å². The van der Waals surface area contributed by atoms with Crippen molar-refractivity contribution in [3.05, 3.63) is 90.5 Å². The first-order valence-electron chi connectivity index (χ1n) is 9.34. The van der Waals surface area contributed by atoms with Crippen molar-refractivity contribution in [2.24, 2.45) is 0 Å². The molecule has 32 heavy (non-hydrogen) atoms. The maximum Gasteiger partial charge on any atom is 0.417 e. The lowest BCUT2D eigenvalue weighted by Crippen LogP contribution is -2.13. The first-order chi connectivity index (χ1) is 15.4. The summed E-state index contributed by atoms with van der Waals surface area (Å²) in [4.78, 5) is 20.6. The summed E-state index contributed by atoms with van der Waals surface area (Å²) in [5.74, 6) is -0.00481. The Morgan fingerprint density at radius 1 is 0.844 bits per heavy atom. The maximum atomic E-state index is 12.8. The van der Waals surface area contributed by atoms with Gasteiger partial charge >= 0.3 is 6.18 Å². The molecule has 0 fully saturated rings. The van der Waals surface area contributed by atoms with Crippen molar-refractivity contribution in [3.63, 3.8) is 0 Å². The van der Waals surface area contributed by atoms with Crippen molar-refractivity contribution in [3.8, 4) is 11.1 Å². The van der Waals surface area contributed by atoms with Crippen molar-refractivity contribution >= 4 is 23.2 Å². The Bertz CT molecular complexity index is 1230. The molecule has 0 atom stereocenters. The third kappa shape index (κ3) is 4.86. The van der Waals surface area contributed by atoms with E-state index in [4.69, 9.17) is 0 Å². The van der Waals surface area contributed by atoms with Gasteiger partial charge in [-0.15, -0.1) is 0 Å². The minimum absolute atomic E-state index is 0.160. The SMILES string of the molecule is O=C(Nc1cnncc1-c1ccccc1)c1ccnc(Nc2ccc(C(F)(F)F)cn2)c1. The zero-order valence-corrected chi connectivity index (χ0v) is 16.3. The number of anilines is 3. The Balaban J connectivity index is 1.51. The van der Waals surface area contributed by atoms with E-state index < -0.39 is 17.6 Å². The number of carbonyl (C=O) groups excluding carboxylic acids is 1. The molecule has 3 heterocycles. The molecule has 0 aliphatic carbocycles. The average molecular weight is 436 g/mol. The third-order valence-electron chi connectivity index (χ3n) is 4.43. The van der Waals surface area contributed by atoms with Crippen LogP contribution in [0.4, 0.5) is 30.5 Å². The van der Waals surface area contributed by atoms with Crippen LogP contribution in [-0.4, -0.2) is 26.1 Å². The Morgan fingerprint density at radius 2 is 1.62 bits per heavy atom. The molecule has 4 rings (SSSR count). The second kappa shape index (κ2) is 8.80. The number of rotatable bonds is 5. The molecule has 160 valence electrons. The van der Waals surface area contributed by atoms with E-state index in [0.717, 1.165) is 17.8 Å². The van der Waals surface area contributed by atoms with Gasteiger partial charge in [-0.3, -0.25) is 4.79 Å². The summed E-state index contributed by atoms with van der Waals surface area (Å²) >= 11 is 0. The molecule has 0 aliphatic rings. The van der Waals surface area contributed by atoms with Crippen LogP contribution in [0.3, 0.4) is 0 Å². The summed E-state index contributed by atoms with van der Waals surface area (Å²) in [6.07, 6.45) is 0.667. The molecule has 0 radical (unpaired) electrons. The molecule has 0 bridgehead atoms. The standard InChI is InChI=1S/C22H15F3N6O/c23-22(24,25)16-6-7-19(27-11-16)31-20-10-15(8-9-26-20)21(32)30-18-13-29-28-12-17(18)14-4-2-1-3-5-14/h1-13H,(H,26,27,31)(H,28,30,32). The van der Waals surface area contributed by atoms with Crippen LogP contribution < -0.4 is 10.6 Å². The number of alkyl halides is 3. The van der Waals surface area contributed by atoms with Gasteiger partial charge in [0, 0.05) is 23.5 Å². The summed E-state index contributed by atoms with van der Waals surface area (Å²) in [7, 11) is 0. The Labute approximate surface area is 180 Å². The minimum Gasteiger partial charge on any atom is -0.325 e. The van der Waals surface area contributed by atoms with E-state index in [1.54, 1.807) is 6.20 Å². The van der Waals surface area contributed by atoms with Gasteiger partial charge in [0.25, 0.3) is 5.91 Å². The molecule has 1 aromatic carbocycles. The van der Waals surface area contributed by atoms with Crippen LogP contribution in [0.5, 0.6) is 0 Å². The van der Waals surface area contributed by atoms with Crippen LogP contribution in [-0.2, 0) is 6.18 Å². The smallest absolute Gasteiger partial charge is 0.325 e. The highest BCUT2D eigenvalue weighted by molar-refractivity contribution is 6.06. The lowest BCUT2D eigenvalue weighted by Gasteiger charge is -2.11. The summed E-state index contributed by atoms with van der Waals surface area (Å²) in [5.41, 5.74) is 1.47. The molecular formula is C22H15F3N6O. The summed E-state index contributed by atoms with van der Waals surface area (Å²) in [6, 6.07) is 14.5. The molecule has 3 aromatic heterocycles. The number of halogens is 3. The van der Waals surface area contributed by atoms with Gasteiger partial charge in [-0.25, -0.2) is 9.97 Å². The predicted molar refractivity (Wildman–Crippen MR) is 112 cm³/mol. The van der Waals surface area contributed by atoms with Crippen molar-refractivity contribution in [2.45, 2.75) is 6.18 Å². The number of carbonyl (C=O) groups is 1. The average Bonchev–Trinajstić information content (AvgIpc) is 2.80. The van der Waals surface area contributed by atoms with E-state index in [-0.39, 0.29) is 17.2 Å². The highest BCUT2D eigenvalue weighted by atomic mass is 19.4. The number of benzene rings is 1. The quantitative estimate of drug-likeness (QED) is 0.460. The lowest BCUT2D eigenvalue weighted by molar-refractivity contribution is -0.137. The Hall–Kier alpha value is -4.34. The Kier molecular flexibility index (Phi) is 5.75. The molecule has 0 unspecified atom stereocenters. The fourth-order valence-corrected chi connectivity index (χ4v) is 2.87. The van der Waals surface area contributed by atoms with Gasteiger partial charge in [0.1, 0.15) is 11.6 Å². The molecule has 10 heteroatoms. The van der Waals surface area contributed by atoms with Crippen LogP contribution in [0.2, 0.25) is 0 Å². The van der Waals surface area contributed by atoms with Crippen LogP contribution in [0, 0.1) is 0 Å². The van der Waals surface area contributed by atoms with E-state index in [9.17, 15) is 18.0 Å². The van der Waals surface area contributed by atoms with Crippen LogP contribution in [0.25, 0.3) is 11.1 Å². The van der Waals surface area contributed by atoms with Crippen molar-refractivity contribution in [1.82, 2.24) is 20.2 Å². The van der Waals surface area contributed by atoms with Gasteiger partial charge in [0.15, 0.2) is 0 Å². The highest BCUT2D eigenvalue weighted by Crippen LogP contribution is 2.29. The number of pyridine rings is 2. The number of amides is 1. The zero-order chi connectivity index (χ0) is 22.6. The molecule has 0 saturated carbocycles. The number of nitrogens with one attached hydrogen (secondary N) is 2. The zero-order valence-electron chi connectivity index (χ0n) is 16.3. The summed E-state index contributed by atoms with van der Waals surface area (Å²) in [6.45, 7) is 0. The fourth-order valence-electron chi connectivity index (χ4n) is 2.87. The molecule has 0 saturated heterocycles. The lowest BCUT2D eigenvalue weighted by atomic mass is 10.1. The molecule has 2 N–H and O–H groups in total. The van der Waals surface area contributed by atoms with E-state index in [1.165, 1.54) is 30.6 Å².